The summed E-state index contributed by atoms with van der Waals surface area (Å²) < 4.78 is 30.6. The Morgan fingerprint density at radius 3 is 2.53 bits per heavy atom. The molecule has 0 aliphatic rings. The molecule has 1 unspecified atom stereocenters. The summed E-state index contributed by atoms with van der Waals surface area (Å²) in [6.45, 7) is 4.93. The fourth-order valence-corrected chi connectivity index (χ4v) is 2.38. The van der Waals surface area contributed by atoms with Crippen molar-refractivity contribution >= 4 is 10.0 Å². The third-order valence-corrected chi connectivity index (χ3v) is 3.36. The maximum atomic E-state index is 11.5. The predicted molar refractivity (Wildman–Crippen MR) is 61.2 cm³/mol. The van der Waals surface area contributed by atoms with Crippen LogP contribution in [0.2, 0.25) is 0 Å². The van der Waals surface area contributed by atoms with Crippen molar-refractivity contribution in [2.75, 3.05) is 25.5 Å². The fraction of sp³-hybridized carbons (Fsp3) is 1.00. The molecular weight excluding hydrogens is 216 g/mol. The van der Waals surface area contributed by atoms with Crippen molar-refractivity contribution in [3.8, 4) is 0 Å². The third-order valence-electron chi connectivity index (χ3n) is 1.97. The highest BCUT2D eigenvalue weighted by Gasteiger charge is 2.15. The predicted octanol–water partition coefficient (Wildman–Crippen LogP) is 0.0697. The first kappa shape index (κ1) is 14.8. The zero-order chi connectivity index (χ0) is 11.7. The molecule has 0 heterocycles. The van der Waals surface area contributed by atoms with Gasteiger partial charge in [-0.1, -0.05) is 13.3 Å². The summed E-state index contributed by atoms with van der Waals surface area (Å²) in [6.07, 6.45) is 1.68. The first-order chi connectivity index (χ1) is 7.05. The number of ether oxygens (including phenoxy) is 1. The largest absolute Gasteiger partial charge is 0.381 e. The molecule has 3 N–H and O–H groups in total. The summed E-state index contributed by atoms with van der Waals surface area (Å²) in [4.78, 5) is 0. The SMILES string of the molecule is CCCC(CN)NS(=O)(=O)CCOCC. The van der Waals surface area contributed by atoms with E-state index in [1.54, 1.807) is 0 Å². The van der Waals surface area contributed by atoms with Crippen molar-refractivity contribution in [3.05, 3.63) is 0 Å². The van der Waals surface area contributed by atoms with Gasteiger partial charge in [0.2, 0.25) is 10.0 Å². The molecule has 0 radical (unpaired) electrons. The van der Waals surface area contributed by atoms with Gasteiger partial charge in [-0.05, 0) is 13.3 Å². The van der Waals surface area contributed by atoms with Crippen molar-refractivity contribution < 1.29 is 13.2 Å². The average Bonchev–Trinajstić information content (AvgIpc) is 2.17. The summed E-state index contributed by atoms with van der Waals surface area (Å²) in [5, 5.41) is 0. The Labute approximate surface area is 92.4 Å². The molecule has 15 heavy (non-hydrogen) atoms. The number of rotatable bonds is 9. The summed E-state index contributed by atoms with van der Waals surface area (Å²) in [7, 11) is -3.24. The summed E-state index contributed by atoms with van der Waals surface area (Å²) in [6, 6.07) is -0.151. The number of nitrogens with two attached hydrogens (primary N) is 1. The van der Waals surface area contributed by atoms with Gasteiger partial charge < -0.3 is 10.5 Å². The smallest absolute Gasteiger partial charge is 0.214 e. The number of hydrogen-bond donors (Lipinski definition) is 2. The molecule has 5 nitrogen and oxygen atoms in total. The Balaban J connectivity index is 3.99. The van der Waals surface area contributed by atoms with E-state index in [-0.39, 0.29) is 18.4 Å². The molecule has 0 fully saturated rings. The first-order valence-electron chi connectivity index (χ1n) is 5.33. The highest BCUT2D eigenvalue weighted by molar-refractivity contribution is 7.89. The molecule has 0 aromatic heterocycles. The molecule has 0 aliphatic carbocycles. The normalized spacial score (nSPS) is 14.1. The molecule has 1 atom stereocenters. The molecule has 0 saturated heterocycles. The fourth-order valence-electron chi connectivity index (χ4n) is 1.20. The van der Waals surface area contributed by atoms with Gasteiger partial charge in [0, 0.05) is 19.2 Å². The highest BCUT2D eigenvalue weighted by Crippen LogP contribution is 1.97. The second kappa shape index (κ2) is 8.04. The van der Waals surface area contributed by atoms with Crippen molar-refractivity contribution in [1.82, 2.24) is 4.72 Å². The minimum Gasteiger partial charge on any atom is -0.381 e. The van der Waals surface area contributed by atoms with E-state index in [2.05, 4.69) is 4.72 Å². The Hall–Kier alpha value is -0.170. The van der Waals surface area contributed by atoms with Crippen LogP contribution in [-0.4, -0.2) is 40.0 Å². The Morgan fingerprint density at radius 2 is 2.07 bits per heavy atom. The highest BCUT2D eigenvalue weighted by atomic mass is 32.2. The van der Waals surface area contributed by atoms with Crippen LogP contribution >= 0.6 is 0 Å². The van der Waals surface area contributed by atoms with Gasteiger partial charge in [-0.15, -0.1) is 0 Å². The monoisotopic (exact) mass is 238 g/mol. The summed E-state index contributed by atoms with van der Waals surface area (Å²) >= 11 is 0. The van der Waals surface area contributed by atoms with Crippen LogP contribution in [0.15, 0.2) is 0 Å². The first-order valence-corrected chi connectivity index (χ1v) is 6.98. The molecule has 0 saturated carbocycles. The van der Waals surface area contributed by atoms with E-state index in [0.29, 0.717) is 13.2 Å². The molecule has 0 amide bonds. The van der Waals surface area contributed by atoms with Crippen LogP contribution < -0.4 is 10.5 Å². The number of hydrogen-bond acceptors (Lipinski definition) is 4. The lowest BCUT2D eigenvalue weighted by Crippen LogP contribution is -2.41. The van der Waals surface area contributed by atoms with Gasteiger partial charge in [-0.2, -0.15) is 0 Å². The lowest BCUT2D eigenvalue weighted by molar-refractivity contribution is 0.163. The van der Waals surface area contributed by atoms with E-state index in [1.165, 1.54) is 0 Å². The van der Waals surface area contributed by atoms with Gasteiger partial charge in [0.05, 0.1) is 12.4 Å². The van der Waals surface area contributed by atoms with Crippen molar-refractivity contribution in [2.24, 2.45) is 5.73 Å². The Bertz CT molecular complexity index is 242. The van der Waals surface area contributed by atoms with E-state index < -0.39 is 10.0 Å². The maximum Gasteiger partial charge on any atom is 0.214 e. The maximum absolute atomic E-state index is 11.5. The minimum absolute atomic E-state index is 0.00105. The van der Waals surface area contributed by atoms with Crippen LogP contribution in [0.3, 0.4) is 0 Å². The van der Waals surface area contributed by atoms with Gasteiger partial charge in [0.25, 0.3) is 0 Å². The van der Waals surface area contributed by atoms with Crippen LogP contribution in [0.1, 0.15) is 26.7 Å². The van der Waals surface area contributed by atoms with E-state index in [1.807, 2.05) is 13.8 Å². The number of nitrogens with one attached hydrogen (secondary N) is 1. The van der Waals surface area contributed by atoms with E-state index in [4.69, 9.17) is 10.5 Å². The topological polar surface area (TPSA) is 81.4 Å². The van der Waals surface area contributed by atoms with Crippen LogP contribution in [-0.2, 0) is 14.8 Å². The standard InChI is InChI=1S/C9H22N2O3S/c1-3-5-9(8-10)11-15(12,13)7-6-14-4-2/h9,11H,3-8,10H2,1-2H3. The zero-order valence-corrected chi connectivity index (χ0v) is 10.3. The second-order valence-electron chi connectivity index (χ2n) is 3.35. The quantitative estimate of drug-likeness (QED) is 0.557. The van der Waals surface area contributed by atoms with Crippen LogP contribution in [0.25, 0.3) is 0 Å². The second-order valence-corrected chi connectivity index (χ2v) is 5.23. The van der Waals surface area contributed by atoms with Crippen LogP contribution in [0.5, 0.6) is 0 Å². The lowest BCUT2D eigenvalue weighted by Gasteiger charge is -2.15. The molecule has 92 valence electrons. The number of sulfonamides is 1. The molecule has 0 aromatic carbocycles. The third kappa shape index (κ3) is 7.72. The zero-order valence-electron chi connectivity index (χ0n) is 9.53. The van der Waals surface area contributed by atoms with E-state index in [9.17, 15) is 8.42 Å². The molecule has 6 heteroatoms. The molecular formula is C9H22N2O3S. The van der Waals surface area contributed by atoms with Gasteiger partial charge >= 0.3 is 0 Å². The van der Waals surface area contributed by atoms with Gasteiger partial charge in [-0.25, -0.2) is 13.1 Å². The molecule has 0 aromatic rings. The Morgan fingerprint density at radius 1 is 1.40 bits per heavy atom. The molecule has 0 bridgehead atoms. The Kier molecular flexibility index (Phi) is 7.95. The average molecular weight is 238 g/mol. The summed E-state index contributed by atoms with van der Waals surface area (Å²) in [5.74, 6) is 0.00105. The molecule has 0 aliphatic heterocycles. The minimum atomic E-state index is -3.24. The van der Waals surface area contributed by atoms with Crippen molar-refractivity contribution in [1.29, 1.82) is 0 Å². The van der Waals surface area contributed by atoms with E-state index in [0.717, 1.165) is 12.8 Å². The van der Waals surface area contributed by atoms with Gasteiger partial charge in [0.15, 0.2) is 0 Å². The van der Waals surface area contributed by atoms with Crippen molar-refractivity contribution in [3.63, 3.8) is 0 Å². The summed E-state index contributed by atoms with van der Waals surface area (Å²) in [5.41, 5.74) is 5.46. The lowest BCUT2D eigenvalue weighted by atomic mass is 10.2. The van der Waals surface area contributed by atoms with Gasteiger partial charge in [-0.3, -0.25) is 0 Å². The van der Waals surface area contributed by atoms with Crippen LogP contribution in [0.4, 0.5) is 0 Å². The molecule has 0 spiro atoms. The van der Waals surface area contributed by atoms with Crippen molar-refractivity contribution in [2.45, 2.75) is 32.7 Å². The van der Waals surface area contributed by atoms with E-state index >= 15 is 0 Å². The van der Waals surface area contributed by atoms with Crippen LogP contribution in [0, 0.1) is 0 Å². The van der Waals surface area contributed by atoms with Gasteiger partial charge in [0.1, 0.15) is 0 Å². The molecule has 0 rings (SSSR count).